The first-order valence-electron chi connectivity index (χ1n) is 11.0. The second kappa shape index (κ2) is 9.73. The van der Waals surface area contributed by atoms with Gasteiger partial charge in [-0.1, -0.05) is 12.1 Å². The van der Waals surface area contributed by atoms with Gasteiger partial charge in [-0.15, -0.1) is 0 Å². The van der Waals surface area contributed by atoms with Crippen LogP contribution in [0.1, 0.15) is 37.0 Å². The van der Waals surface area contributed by atoms with Gasteiger partial charge in [-0.3, -0.25) is 4.79 Å². The van der Waals surface area contributed by atoms with Gasteiger partial charge in [0.2, 0.25) is 0 Å². The van der Waals surface area contributed by atoms with Gasteiger partial charge in [0.1, 0.15) is 5.52 Å². The number of carbonyl (C=O) groups excluding carboxylic acids is 1. The zero-order valence-corrected chi connectivity index (χ0v) is 18.1. The lowest BCUT2D eigenvalue weighted by atomic mass is 9.97. The molecular weight excluding hydrogens is 394 g/mol. The number of hydrogen-bond donors (Lipinski definition) is 1. The smallest absolute Gasteiger partial charge is 0.298 e. The number of rotatable bonds is 8. The maximum atomic E-state index is 12.7. The summed E-state index contributed by atoms with van der Waals surface area (Å²) in [6.45, 7) is 7.28. The van der Waals surface area contributed by atoms with E-state index in [9.17, 15) is 4.79 Å². The average Bonchev–Trinajstić information content (AvgIpc) is 3.23. The SMILES string of the molecule is CCOc1ccc(C(=O)NCC2CCN(c3nc4ccccc4o3)CC2)cc1OCC. The molecule has 3 aromatic rings. The number of benzene rings is 2. The summed E-state index contributed by atoms with van der Waals surface area (Å²) in [4.78, 5) is 19.4. The minimum atomic E-state index is -0.0922. The van der Waals surface area contributed by atoms with Crippen LogP contribution in [0.25, 0.3) is 11.1 Å². The molecule has 1 saturated heterocycles. The number of fused-ring (bicyclic) bond motifs is 1. The average molecular weight is 424 g/mol. The van der Waals surface area contributed by atoms with Crippen molar-refractivity contribution in [1.29, 1.82) is 0 Å². The Morgan fingerprint density at radius 3 is 2.58 bits per heavy atom. The predicted molar refractivity (Wildman–Crippen MR) is 120 cm³/mol. The Morgan fingerprint density at radius 2 is 1.84 bits per heavy atom. The number of hydrogen-bond acceptors (Lipinski definition) is 6. The Bertz CT molecular complexity index is 992. The lowest BCUT2D eigenvalue weighted by Crippen LogP contribution is -2.38. The van der Waals surface area contributed by atoms with Crippen molar-refractivity contribution in [1.82, 2.24) is 10.3 Å². The third-order valence-corrected chi connectivity index (χ3v) is 5.52. The number of aromatic nitrogens is 1. The van der Waals surface area contributed by atoms with Crippen LogP contribution in [0.4, 0.5) is 6.01 Å². The molecule has 2 aromatic carbocycles. The molecule has 164 valence electrons. The van der Waals surface area contributed by atoms with Gasteiger partial charge >= 0.3 is 0 Å². The molecule has 0 atom stereocenters. The number of amides is 1. The molecule has 1 fully saturated rings. The molecule has 0 spiro atoms. The first kappa shape index (κ1) is 21.0. The highest BCUT2D eigenvalue weighted by atomic mass is 16.5. The van der Waals surface area contributed by atoms with Gasteiger partial charge in [0.05, 0.1) is 13.2 Å². The highest BCUT2D eigenvalue weighted by Crippen LogP contribution is 2.29. The van der Waals surface area contributed by atoms with E-state index in [0.29, 0.717) is 48.8 Å². The normalized spacial score (nSPS) is 14.6. The van der Waals surface area contributed by atoms with Crippen LogP contribution in [0.2, 0.25) is 0 Å². The molecule has 2 heterocycles. The second-order valence-corrected chi connectivity index (χ2v) is 7.63. The molecule has 1 N–H and O–H groups in total. The Balaban J connectivity index is 1.30. The number of para-hydroxylation sites is 2. The van der Waals surface area contributed by atoms with Crippen molar-refractivity contribution < 1.29 is 18.7 Å². The summed E-state index contributed by atoms with van der Waals surface area (Å²) in [7, 11) is 0. The largest absolute Gasteiger partial charge is 0.490 e. The van der Waals surface area contributed by atoms with E-state index in [2.05, 4.69) is 15.2 Å². The fourth-order valence-electron chi connectivity index (χ4n) is 3.86. The molecular formula is C24H29N3O4. The summed E-state index contributed by atoms with van der Waals surface area (Å²) < 4.78 is 17.1. The van der Waals surface area contributed by atoms with Gasteiger partial charge in [0.25, 0.3) is 11.9 Å². The van der Waals surface area contributed by atoms with Crippen LogP contribution >= 0.6 is 0 Å². The van der Waals surface area contributed by atoms with E-state index in [4.69, 9.17) is 13.9 Å². The molecule has 1 amide bonds. The van der Waals surface area contributed by atoms with E-state index in [1.807, 2.05) is 38.1 Å². The number of oxazole rings is 1. The minimum absolute atomic E-state index is 0.0922. The third-order valence-electron chi connectivity index (χ3n) is 5.52. The first-order valence-corrected chi connectivity index (χ1v) is 11.0. The van der Waals surface area contributed by atoms with Crippen molar-refractivity contribution in [2.45, 2.75) is 26.7 Å². The van der Waals surface area contributed by atoms with Gasteiger partial charge in [0.15, 0.2) is 17.1 Å². The molecule has 0 aliphatic carbocycles. The zero-order valence-electron chi connectivity index (χ0n) is 18.1. The van der Waals surface area contributed by atoms with Gasteiger partial charge < -0.3 is 24.1 Å². The molecule has 4 rings (SSSR count). The fourth-order valence-corrected chi connectivity index (χ4v) is 3.86. The predicted octanol–water partition coefficient (Wildman–Crippen LogP) is 4.27. The van der Waals surface area contributed by atoms with Crippen molar-refractivity contribution in [2.24, 2.45) is 5.92 Å². The summed E-state index contributed by atoms with van der Waals surface area (Å²) in [6.07, 6.45) is 1.96. The molecule has 0 radical (unpaired) electrons. The number of nitrogens with zero attached hydrogens (tertiary/aromatic N) is 2. The third kappa shape index (κ3) is 4.93. The molecule has 31 heavy (non-hydrogen) atoms. The summed E-state index contributed by atoms with van der Waals surface area (Å²) in [5, 5.41) is 3.07. The van der Waals surface area contributed by atoms with E-state index in [0.717, 1.165) is 37.0 Å². The van der Waals surface area contributed by atoms with Gasteiger partial charge in [-0.25, -0.2) is 0 Å². The maximum Gasteiger partial charge on any atom is 0.298 e. The number of nitrogens with one attached hydrogen (secondary N) is 1. The topological polar surface area (TPSA) is 76.8 Å². The number of ether oxygens (including phenoxy) is 2. The van der Waals surface area contributed by atoms with Crippen LogP contribution in [-0.2, 0) is 0 Å². The Morgan fingerprint density at radius 1 is 1.10 bits per heavy atom. The van der Waals surface area contributed by atoms with Crippen molar-refractivity contribution in [2.75, 3.05) is 37.7 Å². The zero-order chi connectivity index (χ0) is 21.6. The molecule has 7 heteroatoms. The Labute approximate surface area is 182 Å². The van der Waals surface area contributed by atoms with E-state index < -0.39 is 0 Å². The monoisotopic (exact) mass is 423 g/mol. The van der Waals surface area contributed by atoms with Crippen LogP contribution in [0.3, 0.4) is 0 Å². The second-order valence-electron chi connectivity index (χ2n) is 7.63. The van der Waals surface area contributed by atoms with Crippen molar-refractivity contribution in [3.8, 4) is 11.5 Å². The van der Waals surface area contributed by atoms with Gasteiger partial charge in [-0.05, 0) is 62.9 Å². The Kier molecular flexibility index (Phi) is 6.60. The molecule has 0 saturated carbocycles. The molecule has 1 aliphatic heterocycles. The van der Waals surface area contributed by atoms with Crippen LogP contribution in [0.5, 0.6) is 11.5 Å². The summed E-state index contributed by atoms with van der Waals surface area (Å²) in [5.41, 5.74) is 2.28. The highest BCUT2D eigenvalue weighted by molar-refractivity contribution is 5.94. The molecule has 1 aromatic heterocycles. The van der Waals surface area contributed by atoms with Gasteiger partial charge in [-0.2, -0.15) is 4.98 Å². The van der Waals surface area contributed by atoms with Crippen LogP contribution in [0.15, 0.2) is 46.9 Å². The fraction of sp³-hybridized carbons (Fsp3) is 0.417. The molecule has 0 bridgehead atoms. The van der Waals surface area contributed by atoms with E-state index in [-0.39, 0.29) is 5.91 Å². The van der Waals surface area contributed by atoms with Crippen molar-refractivity contribution >= 4 is 23.0 Å². The number of carbonyl (C=O) groups is 1. The van der Waals surface area contributed by atoms with Gasteiger partial charge in [0, 0.05) is 25.2 Å². The number of piperidine rings is 1. The number of anilines is 1. The minimum Gasteiger partial charge on any atom is -0.490 e. The lowest BCUT2D eigenvalue weighted by molar-refractivity contribution is 0.0944. The standard InChI is InChI=1S/C24H29N3O4/c1-3-29-21-10-9-18(15-22(21)30-4-2)23(28)25-16-17-11-13-27(14-12-17)24-26-19-7-5-6-8-20(19)31-24/h5-10,15,17H,3-4,11-14,16H2,1-2H3,(H,25,28). The Hall–Kier alpha value is -3.22. The van der Waals surface area contributed by atoms with E-state index in [1.54, 1.807) is 18.2 Å². The highest BCUT2D eigenvalue weighted by Gasteiger charge is 2.23. The lowest BCUT2D eigenvalue weighted by Gasteiger charge is -2.30. The van der Waals surface area contributed by atoms with Crippen molar-refractivity contribution in [3.63, 3.8) is 0 Å². The first-order chi connectivity index (χ1) is 15.2. The maximum absolute atomic E-state index is 12.7. The molecule has 1 aliphatic rings. The summed E-state index contributed by atoms with van der Waals surface area (Å²) in [5.74, 6) is 1.60. The van der Waals surface area contributed by atoms with E-state index in [1.165, 1.54) is 0 Å². The van der Waals surface area contributed by atoms with Crippen LogP contribution in [-0.4, -0.2) is 43.7 Å². The van der Waals surface area contributed by atoms with E-state index >= 15 is 0 Å². The van der Waals surface area contributed by atoms with Crippen LogP contribution in [0, 0.1) is 5.92 Å². The van der Waals surface area contributed by atoms with Crippen molar-refractivity contribution in [3.05, 3.63) is 48.0 Å². The molecule has 0 unspecified atom stereocenters. The quantitative estimate of drug-likeness (QED) is 0.583. The summed E-state index contributed by atoms with van der Waals surface area (Å²) >= 11 is 0. The van der Waals surface area contributed by atoms with Crippen LogP contribution < -0.4 is 19.7 Å². The molecule has 7 nitrogen and oxygen atoms in total. The summed E-state index contributed by atoms with van der Waals surface area (Å²) in [6, 6.07) is 13.8.